The number of ether oxygens (including phenoxy) is 1. The van der Waals surface area contributed by atoms with Crippen molar-refractivity contribution < 1.29 is 9.53 Å². The maximum atomic E-state index is 12.0. The fraction of sp³-hybridized carbons (Fsp3) is 0.333. The van der Waals surface area contributed by atoms with E-state index in [-0.39, 0.29) is 12.0 Å². The molecule has 100 valence electrons. The lowest BCUT2D eigenvalue weighted by molar-refractivity contribution is -0.139. The Morgan fingerprint density at radius 2 is 2.11 bits per heavy atom. The van der Waals surface area contributed by atoms with Gasteiger partial charge >= 0.3 is 5.97 Å². The number of aromatic nitrogens is 1. The predicted octanol–water partition coefficient (Wildman–Crippen LogP) is 2.11. The number of fused-ring (bicyclic) bond motifs is 1. The van der Waals surface area contributed by atoms with E-state index < -0.39 is 5.97 Å². The highest BCUT2D eigenvalue weighted by Gasteiger charge is 2.13. The molecule has 0 atom stereocenters. The molecular formula is C15H17NO3. The summed E-state index contributed by atoms with van der Waals surface area (Å²) in [5.74, 6) is -0.405. The average molecular weight is 259 g/mol. The summed E-state index contributed by atoms with van der Waals surface area (Å²) in [6.07, 6.45) is 0.921. The van der Waals surface area contributed by atoms with Gasteiger partial charge in [-0.15, -0.1) is 0 Å². The molecule has 0 spiro atoms. The molecule has 0 aliphatic heterocycles. The van der Waals surface area contributed by atoms with Crippen LogP contribution < -0.4 is 5.56 Å². The molecule has 0 unspecified atom stereocenters. The van der Waals surface area contributed by atoms with E-state index in [1.165, 1.54) is 12.7 Å². The predicted molar refractivity (Wildman–Crippen MR) is 74.4 cm³/mol. The zero-order chi connectivity index (χ0) is 14.0. The second kappa shape index (κ2) is 5.26. The fourth-order valence-corrected chi connectivity index (χ4v) is 2.20. The Labute approximate surface area is 111 Å². The van der Waals surface area contributed by atoms with Crippen LogP contribution in [-0.2, 0) is 22.4 Å². The van der Waals surface area contributed by atoms with E-state index in [2.05, 4.69) is 16.6 Å². The number of aryl methyl sites for hydroxylation is 2. The normalized spacial score (nSPS) is 10.7. The number of aromatic amines is 1. The SMILES string of the molecule is CCc1ccc2c(C)c(CC(=O)OC)c(=O)[nH]c2c1. The summed E-state index contributed by atoms with van der Waals surface area (Å²) >= 11 is 0. The van der Waals surface area contributed by atoms with Crippen molar-refractivity contribution in [1.82, 2.24) is 4.98 Å². The summed E-state index contributed by atoms with van der Waals surface area (Å²) < 4.78 is 4.62. The van der Waals surface area contributed by atoms with Crippen molar-refractivity contribution in [2.75, 3.05) is 7.11 Å². The van der Waals surface area contributed by atoms with Crippen molar-refractivity contribution >= 4 is 16.9 Å². The van der Waals surface area contributed by atoms with Gasteiger partial charge in [0.1, 0.15) is 0 Å². The molecule has 1 N–H and O–H groups in total. The first-order chi connectivity index (χ1) is 9.06. The molecule has 0 fully saturated rings. The maximum absolute atomic E-state index is 12.0. The number of carbonyl (C=O) groups excluding carboxylic acids is 1. The van der Waals surface area contributed by atoms with Crippen molar-refractivity contribution in [1.29, 1.82) is 0 Å². The Hall–Kier alpha value is -2.10. The molecule has 4 nitrogen and oxygen atoms in total. The van der Waals surface area contributed by atoms with Crippen molar-refractivity contribution in [3.05, 3.63) is 45.2 Å². The number of nitrogens with one attached hydrogen (secondary N) is 1. The Morgan fingerprint density at radius 1 is 1.37 bits per heavy atom. The van der Waals surface area contributed by atoms with Gasteiger partial charge in [-0.25, -0.2) is 0 Å². The zero-order valence-corrected chi connectivity index (χ0v) is 11.4. The number of rotatable bonds is 3. The van der Waals surface area contributed by atoms with Crippen LogP contribution in [0.4, 0.5) is 0 Å². The number of H-pyrrole nitrogens is 1. The Bertz CT molecular complexity index is 686. The van der Waals surface area contributed by atoms with Gasteiger partial charge in [0.25, 0.3) is 5.56 Å². The van der Waals surface area contributed by atoms with E-state index in [1.807, 2.05) is 25.1 Å². The minimum atomic E-state index is -0.405. The summed E-state index contributed by atoms with van der Waals surface area (Å²) in [7, 11) is 1.32. The van der Waals surface area contributed by atoms with Gasteiger partial charge in [0.2, 0.25) is 0 Å². The molecule has 2 aromatic rings. The van der Waals surface area contributed by atoms with E-state index in [4.69, 9.17) is 0 Å². The van der Waals surface area contributed by atoms with E-state index in [0.29, 0.717) is 5.56 Å². The van der Waals surface area contributed by atoms with Crippen LogP contribution in [0.3, 0.4) is 0 Å². The molecule has 1 heterocycles. The maximum Gasteiger partial charge on any atom is 0.310 e. The molecule has 1 aromatic heterocycles. The van der Waals surface area contributed by atoms with Crippen molar-refractivity contribution in [2.24, 2.45) is 0 Å². The number of esters is 1. The molecule has 1 aromatic carbocycles. The standard InChI is InChI=1S/C15H17NO3/c1-4-10-5-6-11-9(2)12(8-14(17)19-3)15(18)16-13(11)7-10/h5-7H,4,8H2,1-3H3,(H,16,18). The summed E-state index contributed by atoms with van der Waals surface area (Å²) in [6, 6.07) is 6.00. The first-order valence-corrected chi connectivity index (χ1v) is 6.28. The third-order valence-electron chi connectivity index (χ3n) is 3.42. The largest absolute Gasteiger partial charge is 0.469 e. The van der Waals surface area contributed by atoms with Gasteiger partial charge in [-0.1, -0.05) is 19.1 Å². The van der Waals surface area contributed by atoms with Crippen molar-refractivity contribution in [3.63, 3.8) is 0 Å². The van der Waals surface area contributed by atoms with Crippen LogP contribution in [0.2, 0.25) is 0 Å². The minimum absolute atomic E-state index is 0.00311. The summed E-state index contributed by atoms with van der Waals surface area (Å²) in [5.41, 5.74) is 3.08. The minimum Gasteiger partial charge on any atom is -0.469 e. The van der Waals surface area contributed by atoms with E-state index in [9.17, 15) is 9.59 Å². The third kappa shape index (κ3) is 2.52. The molecule has 0 amide bonds. The molecule has 0 bridgehead atoms. The highest BCUT2D eigenvalue weighted by atomic mass is 16.5. The van der Waals surface area contributed by atoms with Gasteiger partial charge in [0.15, 0.2) is 0 Å². The second-order valence-corrected chi connectivity index (χ2v) is 4.54. The molecule has 19 heavy (non-hydrogen) atoms. The van der Waals surface area contributed by atoms with Gasteiger partial charge in [-0.05, 0) is 30.5 Å². The third-order valence-corrected chi connectivity index (χ3v) is 3.42. The molecule has 0 aliphatic rings. The highest BCUT2D eigenvalue weighted by Crippen LogP contribution is 2.19. The second-order valence-electron chi connectivity index (χ2n) is 4.54. The van der Waals surface area contributed by atoms with Gasteiger partial charge in [-0.3, -0.25) is 9.59 Å². The molecule has 0 aliphatic carbocycles. The summed E-state index contributed by atoms with van der Waals surface area (Å²) in [6.45, 7) is 3.93. The van der Waals surface area contributed by atoms with Crippen LogP contribution in [0.15, 0.2) is 23.0 Å². The van der Waals surface area contributed by atoms with Crippen LogP contribution in [0.5, 0.6) is 0 Å². The monoisotopic (exact) mass is 259 g/mol. The van der Waals surface area contributed by atoms with Crippen LogP contribution in [0.25, 0.3) is 10.9 Å². The molecule has 4 heteroatoms. The first-order valence-electron chi connectivity index (χ1n) is 6.28. The first kappa shape index (κ1) is 13.3. The summed E-state index contributed by atoms with van der Waals surface area (Å²) in [4.78, 5) is 26.2. The number of hydrogen-bond donors (Lipinski definition) is 1. The number of hydrogen-bond acceptors (Lipinski definition) is 3. The lowest BCUT2D eigenvalue weighted by atomic mass is 10.0. The lowest BCUT2D eigenvalue weighted by Crippen LogP contribution is -2.19. The molecule has 2 rings (SSSR count). The van der Waals surface area contributed by atoms with Gasteiger partial charge in [-0.2, -0.15) is 0 Å². The number of pyridine rings is 1. The number of carbonyl (C=O) groups is 1. The summed E-state index contributed by atoms with van der Waals surface area (Å²) in [5, 5.41) is 0.968. The quantitative estimate of drug-likeness (QED) is 0.859. The van der Waals surface area contributed by atoms with Gasteiger partial charge in [0, 0.05) is 16.5 Å². The van der Waals surface area contributed by atoms with E-state index in [1.54, 1.807) is 0 Å². The number of methoxy groups -OCH3 is 1. The topological polar surface area (TPSA) is 59.2 Å². The van der Waals surface area contributed by atoms with Gasteiger partial charge in [0.05, 0.1) is 13.5 Å². The van der Waals surface area contributed by atoms with Crippen molar-refractivity contribution in [3.8, 4) is 0 Å². The molecule has 0 radical (unpaired) electrons. The smallest absolute Gasteiger partial charge is 0.310 e. The van der Waals surface area contributed by atoms with Gasteiger partial charge < -0.3 is 9.72 Å². The van der Waals surface area contributed by atoms with Crippen LogP contribution in [-0.4, -0.2) is 18.1 Å². The highest BCUT2D eigenvalue weighted by molar-refractivity contribution is 5.85. The Balaban J connectivity index is 2.62. The van der Waals surface area contributed by atoms with E-state index >= 15 is 0 Å². The zero-order valence-electron chi connectivity index (χ0n) is 11.4. The van der Waals surface area contributed by atoms with Crippen molar-refractivity contribution in [2.45, 2.75) is 26.7 Å². The van der Waals surface area contributed by atoms with Crippen LogP contribution >= 0.6 is 0 Å². The fourth-order valence-electron chi connectivity index (χ4n) is 2.20. The van der Waals surface area contributed by atoms with E-state index in [0.717, 1.165) is 22.9 Å². The van der Waals surface area contributed by atoms with Crippen LogP contribution in [0, 0.1) is 6.92 Å². The molecular weight excluding hydrogens is 242 g/mol. The van der Waals surface area contributed by atoms with Crippen LogP contribution in [0.1, 0.15) is 23.6 Å². The number of benzene rings is 1. The molecule has 0 saturated carbocycles. The molecule has 0 saturated heterocycles. The Morgan fingerprint density at radius 3 is 2.74 bits per heavy atom. The average Bonchev–Trinajstić information content (AvgIpc) is 2.42. The Kier molecular flexibility index (Phi) is 3.69. The lowest BCUT2D eigenvalue weighted by Gasteiger charge is -2.09.